The number of rotatable bonds is 4. The Labute approximate surface area is 125 Å². The minimum absolute atomic E-state index is 0.00873. The summed E-state index contributed by atoms with van der Waals surface area (Å²) in [6.45, 7) is 0. The average Bonchev–Trinajstić information content (AvgIpc) is 2.79. The highest BCUT2D eigenvalue weighted by Gasteiger charge is 2.26. The first kappa shape index (κ1) is 15.5. The van der Waals surface area contributed by atoms with Gasteiger partial charge in [-0.1, -0.05) is 0 Å². The summed E-state index contributed by atoms with van der Waals surface area (Å²) in [5, 5.41) is 4.04. The maximum absolute atomic E-state index is 14.2. The molecule has 9 heteroatoms. The maximum Gasteiger partial charge on any atom is 0.256 e. The largest absolute Gasteiger partial charge is 0.494 e. The van der Waals surface area contributed by atoms with Crippen LogP contribution in [0.1, 0.15) is 10.4 Å². The van der Waals surface area contributed by atoms with Crippen LogP contribution in [0.2, 0.25) is 0 Å². The summed E-state index contributed by atoms with van der Waals surface area (Å²) in [6, 6.07) is 2.15. The summed E-state index contributed by atoms with van der Waals surface area (Å²) in [4.78, 5) is 13.0. The summed E-state index contributed by atoms with van der Waals surface area (Å²) in [5.74, 6) is -3.19. The van der Waals surface area contributed by atoms with Gasteiger partial charge in [0.15, 0.2) is 17.5 Å². The van der Waals surface area contributed by atoms with Crippen LogP contribution < -0.4 is 21.1 Å². The van der Waals surface area contributed by atoms with E-state index in [0.29, 0.717) is 0 Å². The third-order valence-corrected chi connectivity index (χ3v) is 3.04. The van der Waals surface area contributed by atoms with Gasteiger partial charge in [0, 0.05) is 14.1 Å². The molecule has 2 aromatic rings. The van der Waals surface area contributed by atoms with Crippen molar-refractivity contribution in [2.75, 3.05) is 31.8 Å². The molecule has 0 aliphatic rings. The van der Waals surface area contributed by atoms with Crippen LogP contribution in [-0.4, -0.2) is 36.9 Å². The van der Waals surface area contributed by atoms with Crippen LogP contribution in [0.4, 0.5) is 20.4 Å². The molecule has 118 valence electrons. The van der Waals surface area contributed by atoms with Crippen molar-refractivity contribution in [2.45, 2.75) is 0 Å². The molecule has 0 aliphatic carbocycles. The number of nitrogen functional groups attached to an aromatic ring is 1. The van der Waals surface area contributed by atoms with E-state index < -0.39 is 17.5 Å². The van der Waals surface area contributed by atoms with Gasteiger partial charge in [-0.15, -0.1) is 5.10 Å². The van der Waals surface area contributed by atoms with Gasteiger partial charge in [-0.2, -0.15) is 0 Å². The predicted octanol–water partition coefficient (Wildman–Crippen LogP) is 0.906. The van der Waals surface area contributed by atoms with Gasteiger partial charge in [-0.05, 0) is 12.1 Å². The second-order valence-corrected chi connectivity index (χ2v) is 4.67. The summed E-state index contributed by atoms with van der Waals surface area (Å²) in [5.41, 5.74) is 10.7. The Hall–Kier alpha value is -2.84. The van der Waals surface area contributed by atoms with Gasteiger partial charge in [0.05, 0.1) is 7.11 Å². The number of halogens is 2. The van der Waals surface area contributed by atoms with Crippen molar-refractivity contribution in [2.24, 2.45) is 5.73 Å². The van der Waals surface area contributed by atoms with E-state index in [0.717, 1.165) is 10.7 Å². The third-order valence-electron chi connectivity index (χ3n) is 3.04. The SMILES string of the molecule is COc1ccc(F)c(F)c1-n1nc(N(C)C)c(C(N)=O)c1N. The third kappa shape index (κ3) is 2.30. The molecule has 0 atom stereocenters. The number of nitrogens with two attached hydrogens (primary N) is 2. The smallest absolute Gasteiger partial charge is 0.256 e. The van der Waals surface area contributed by atoms with Crippen molar-refractivity contribution in [1.29, 1.82) is 0 Å². The molecular weight excluding hydrogens is 296 g/mol. The molecule has 0 saturated carbocycles. The van der Waals surface area contributed by atoms with E-state index >= 15 is 0 Å². The number of carbonyl (C=O) groups is 1. The fourth-order valence-corrected chi connectivity index (χ4v) is 2.02. The van der Waals surface area contributed by atoms with Crippen molar-refractivity contribution in [3.63, 3.8) is 0 Å². The van der Waals surface area contributed by atoms with Crippen LogP contribution in [-0.2, 0) is 0 Å². The number of hydrogen-bond acceptors (Lipinski definition) is 5. The van der Waals surface area contributed by atoms with Crippen molar-refractivity contribution < 1.29 is 18.3 Å². The Morgan fingerprint density at radius 1 is 1.36 bits per heavy atom. The van der Waals surface area contributed by atoms with E-state index in [2.05, 4.69) is 5.10 Å². The number of nitrogens with zero attached hydrogens (tertiary/aromatic N) is 3. The normalized spacial score (nSPS) is 10.6. The molecule has 2 rings (SSSR count). The molecule has 22 heavy (non-hydrogen) atoms. The van der Waals surface area contributed by atoms with Crippen LogP contribution in [0.5, 0.6) is 5.75 Å². The molecule has 0 bridgehead atoms. The van der Waals surface area contributed by atoms with Gasteiger partial charge in [0.25, 0.3) is 5.91 Å². The van der Waals surface area contributed by atoms with Crippen LogP contribution in [0, 0.1) is 11.6 Å². The number of primary amides is 1. The minimum Gasteiger partial charge on any atom is -0.494 e. The number of hydrogen-bond donors (Lipinski definition) is 2. The topological polar surface area (TPSA) is 99.4 Å². The van der Waals surface area contributed by atoms with Crippen LogP contribution in [0.15, 0.2) is 12.1 Å². The van der Waals surface area contributed by atoms with Gasteiger partial charge in [0.1, 0.15) is 22.8 Å². The molecule has 1 aromatic heterocycles. The molecule has 1 heterocycles. The van der Waals surface area contributed by atoms with Crippen molar-refractivity contribution in [3.05, 3.63) is 29.3 Å². The Morgan fingerprint density at radius 3 is 2.45 bits per heavy atom. The number of aromatic nitrogens is 2. The van der Waals surface area contributed by atoms with Crippen molar-refractivity contribution in [1.82, 2.24) is 9.78 Å². The van der Waals surface area contributed by atoms with E-state index in [1.165, 1.54) is 18.1 Å². The van der Waals surface area contributed by atoms with E-state index in [9.17, 15) is 13.6 Å². The second kappa shape index (κ2) is 5.51. The number of anilines is 2. The summed E-state index contributed by atoms with van der Waals surface area (Å²) in [7, 11) is 4.51. The summed E-state index contributed by atoms with van der Waals surface area (Å²) in [6.07, 6.45) is 0. The van der Waals surface area contributed by atoms with Crippen molar-refractivity contribution >= 4 is 17.5 Å². The zero-order valence-corrected chi connectivity index (χ0v) is 12.2. The standard InChI is InChI=1S/C13H15F2N5O2/c1-19(2)13-8(12(17)21)11(16)20(18-13)10-7(22-3)5-4-6(14)9(10)15/h4-5H,16H2,1-3H3,(H2,17,21). The molecule has 0 radical (unpaired) electrons. The van der Waals surface area contributed by atoms with Gasteiger partial charge in [-0.25, -0.2) is 13.5 Å². The van der Waals surface area contributed by atoms with Gasteiger partial charge >= 0.3 is 0 Å². The van der Waals surface area contributed by atoms with Crippen LogP contribution >= 0.6 is 0 Å². The number of benzene rings is 1. The molecule has 0 unspecified atom stereocenters. The average molecular weight is 311 g/mol. The summed E-state index contributed by atoms with van der Waals surface area (Å²) >= 11 is 0. The van der Waals surface area contributed by atoms with Gasteiger partial charge in [0.2, 0.25) is 0 Å². The molecular formula is C13H15F2N5O2. The summed E-state index contributed by atoms with van der Waals surface area (Å²) < 4.78 is 33.6. The Kier molecular flexibility index (Phi) is 3.89. The van der Waals surface area contributed by atoms with Gasteiger partial charge in [-0.3, -0.25) is 4.79 Å². The number of amides is 1. The number of carbonyl (C=O) groups excluding carboxylic acids is 1. The quantitative estimate of drug-likeness (QED) is 0.874. The van der Waals surface area contributed by atoms with E-state index in [1.807, 2.05) is 0 Å². The predicted molar refractivity (Wildman–Crippen MR) is 77.3 cm³/mol. The monoisotopic (exact) mass is 311 g/mol. The highest BCUT2D eigenvalue weighted by molar-refractivity contribution is 6.02. The lowest BCUT2D eigenvalue weighted by Crippen LogP contribution is -2.18. The first-order valence-electron chi connectivity index (χ1n) is 6.17. The molecule has 1 amide bonds. The molecule has 0 spiro atoms. The Morgan fingerprint density at radius 2 is 2.00 bits per heavy atom. The van der Waals surface area contributed by atoms with Crippen molar-refractivity contribution in [3.8, 4) is 11.4 Å². The van der Waals surface area contributed by atoms with Crippen LogP contribution in [0.25, 0.3) is 5.69 Å². The van der Waals surface area contributed by atoms with E-state index in [4.69, 9.17) is 16.2 Å². The maximum atomic E-state index is 14.2. The molecule has 0 aliphatic heterocycles. The number of ether oxygens (including phenoxy) is 1. The lowest BCUT2D eigenvalue weighted by atomic mass is 10.2. The molecule has 1 aromatic carbocycles. The zero-order chi connectivity index (χ0) is 16.6. The van der Waals surface area contributed by atoms with Crippen LogP contribution in [0.3, 0.4) is 0 Å². The second-order valence-electron chi connectivity index (χ2n) is 4.67. The first-order valence-corrected chi connectivity index (χ1v) is 6.17. The van der Waals surface area contributed by atoms with Gasteiger partial charge < -0.3 is 21.1 Å². The molecule has 7 nitrogen and oxygen atoms in total. The Balaban J connectivity index is 2.82. The number of methoxy groups -OCH3 is 1. The minimum atomic E-state index is -1.20. The lowest BCUT2D eigenvalue weighted by molar-refractivity contribution is 0.100. The lowest BCUT2D eigenvalue weighted by Gasteiger charge is -2.11. The van der Waals surface area contributed by atoms with E-state index in [-0.39, 0.29) is 28.6 Å². The zero-order valence-electron chi connectivity index (χ0n) is 12.2. The van der Waals surface area contributed by atoms with E-state index in [1.54, 1.807) is 14.1 Å². The Bertz CT molecular complexity index is 743. The highest BCUT2D eigenvalue weighted by Crippen LogP contribution is 2.33. The fraction of sp³-hybridized carbons (Fsp3) is 0.231. The highest BCUT2D eigenvalue weighted by atomic mass is 19.2. The molecule has 0 saturated heterocycles. The molecule has 0 fully saturated rings. The molecule has 4 N–H and O–H groups in total. The fourth-order valence-electron chi connectivity index (χ4n) is 2.02. The first-order chi connectivity index (χ1) is 10.3.